The zero-order valence-corrected chi connectivity index (χ0v) is 20.0. The highest BCUT2D eigenvalue weighted by Crippen LogP contribution is 2.32. The molecule has 0 radical (unpaired) electrons. The topological polar surface area (TPSA) is 71.5 Å². The molecule has 0 fully saturated rings. The fourth-order valence-electron chi connectivity index (χ4n) is 2.98. The maximum Gasteiger partial charge on any atom is 0.214 e. The predicted molar refractivity (Wildman–Crippen MR) is 126 cm³/mol. The number of anilines is 1. The van der Waals surface area contributed by atoms with Gasteiger partial charge in [-0.15, -0.1) is 6.58 Å². The highest BCUT2D eigenvalue weighted by atomic mass is 28.3. The van der Waals surface area contributed by atoms with Crippen LogP contribution in [-0.2, 0) is 9.47 Å². The lowest BCUT2D eigenvalue weighted by molar-refractivity contribution is -0.0592. The molecule has 1 unspecified atom stereocenters. The van der Waals surface area contributed by atoms with Crippen LogP contribution in [-0.4, -0.2) is 37.8 Å². The Kier molecular flexibility index (Phi) is 8.88. The Morgan fingerprint density at radius 3 is 2.71 bits per heavy atom. The van der Waals surface area contributed by atoms with Gasteiger partial charge in [0, 0.05) is 25.9 Å². The number of nitrogens with zero attached hydrogens (tertiary/aromatic N) is 2. The largest absolute Gasteiger partial charge is 0.498 e. The summed E-state index contributed by atoms with van der Waals surface area (Å²) >= 11 is 0. The molecule has 0 aliphatic rings. The molecule has 0 saturated heterocycles. The molecule has 0 aliphatic carbocycles. The summed E-state index contributed by atoms with van der Waals surface area (Å²) in [5, 5.41) is 0. The van der Waals surface area contributed by atoms with Gasteiger partial charge in [0.25, 0.3) is 0 Å². The van der Waals surface area contributed by atoms with E-state index in [-0.39, 0.29) is 12.7 Å². The zero-order valence-electron chi connectivity index (χ0n) is 19.0. The van der Waals surface area contributed by atoms with Crippen LogP contribution in [0.15, 0.2) is 49.4 Å². The Labute approximate surface area is 185 Å². The van der Waals surface area contributed by atoms with E-state index < -0.39 is 13.9 Å². The molecule has 31 heavy (non-hydrogen) atoms. The number of benzene rings is 1. The number of nitrogen functional groups attached to an aromatic ring is 1. The minimum atomic E-state index is -1.18. The van der Waals surface area contributed by atoms with E-state index in [2.05, 4.69) is 32.8 Å². The molecule has 1 aromatic carbocycles. The van der Waals surface area contributed by atoms with Crippen LogP contribution < -0.4 is 10.6 Å². The molecule has 170 valence electrons. The van der Waals surface area contributed by atoms with Crippen LogP contribution in [0.3, 0.4) is 0 Å². The first-order valence-corrected chi connectivity index (χ1v) is 14.1. The van der Waals surface area contributed by atoms with Gasteiger partial charge in [-0.3, -0.25) is 0 Å². The number of nitrogens with two attached hydrogens (primary N) is 1. The maximum absolute atomic E-state index is 13.5. The van der Waals surface area contributed by atoms with Crippen molar-refractivity contribution in [2.45, 2.75) is 44.9 Å². The van der Waals surface area contributed by atoms with E-state index in [0.29, 0.717) is 48.2 Å². The van der Waals surface area contributed by atoms with Gasteiger partial charge in [0.1, 0.15) is 5.82 Å². The molecular weight excluding hydrogens is 413 g/mol. The summed E-state index contributed by atoms with van der Waals surface area (Å²) in [6.45, 7) is 17.9. The monoisotopic (exact) mass is 447 g/mol. The van der Waals surface area contributed by atoms with E-state index in [1.165, 1.54) is 12.1 Å². The summed E-state index contributed by atoms with van der Waals surface area (Å²) in [6.07, 6.45) is 4.06. The lowest BCUT2D eigenvalue weighted by Crippen LogP contribution is -2.24. The molecule has 2 rings (SSSR count). The first kappa shape index (κ1) is 24.7. The Morgan fingerprint density at radius 1 is 1.35 bits per heavy atom. The number of aromatic nitrogens is 2. The summed E-state index contributed by atoms with van der Waals surface area (Å²) in [5.41, 5.74) is 7.50. The van der Waals surface area contributed by atoms with E-state index in [0.717, 1.165) is 6.04 Å². The number of hydrogen-bond donors (Lipinski definition) is 1. The van der Waals surface area contributed by atoms with Gasteiger partial charge in [0.2, 0.25) is 6.79 Å². The number of hydrogen-bond acceptors (Lipinski definition) is 5. The van der Waals surface area contributed by atoms with E-state index in [9.17, 15) is 4.39 Å². The first-order chi connectivity index (χ1) is 14.7. The van der Waals surface area contributed by atoms with Crippen LogP contribution in [0.2, 0.25) is 25.7 Å². The van der Waals surface area contributed by atoms with Gasteiger partial charge in [-0.05, 0) is 37.6 Å². The van der Waals surface area contributed by atoms with Gasteiger partial charge in [0.15, 0.2) is 5.82 Å². The second-order valence-corrected chi connectivity index (χ2v) is 14.1. The lowest BCUT2D eigenvalue weighted by atomic mass is 10.0. The average Bonchev–Trinajstić information content (AvgIpc) is 3.08. The third-order valence-electron chi connectivity index (χ3n) is 4.69. The SMILES string of the molecule is C=CCC(C(=C)OCC)c1nc(-c2ccc(F)cc2N)cn1OCOCC[Si](C)(C)C. The number of imidazole rings is 1. The van der Waals surface area contributed by atoms with Crippen molar-refractivity contribution < 1.29 is 18.7 Å². The van der Waals surface area contributed by atoms with Crippen molar-refractivity contribution in [3.8, 4) is 11.3 Å². The molecule has 0 spiro atoms. The maximum atomic E-state index is 13.5. The van der Waals surface area contributed by atoms with Crippen LogP contribution in [0.25, 0.3) is 11.3 Å². The quantitative estimate of drug-likeness (QED) is 0.114. The van der Waals surface area contributed by atoms with Crippen LogP contribution in [0.5, 0.6) is 0 Å². The second kappa shape index (κ2) is 11.2. The van der Waals surface area contributed by atoms with Crippen LogP contribution in [0.4, 0.5) is 10.1 Å². The lowest BCUT2D eigenvalue weighted by Gasteiger charge is -2.19. The van der Waals surface area contributed by atoms with Crippen LogP contribution in [0.1, 0.15) is 25.1 Å². The summed E-state index contributed by atoms with van der Waals surface area (Å²) < 4.78 is 26.4. The Morgan fingerprint density at radius 2 is 2.10 bits per heavy atom. The van der Waals surface area contributed by atoms with E-state index >= 15 is 0 Å². The molecule has 8 heteroatoms. The normalized spacial score (nSPS) is 12.4. The fraction of sp³-hybridized carbons (Fsp3) is 0.435. The molecular formula is C23H34FN3O3Si. The second-order valence-electron chi connectivity index (χ2n) is 8.48. The third-order valence-corrected chi connectivity index (χ3v) is 6.40. The standard InChI is InChI=1S/C23H34FN3O3Si/c1-7-9-19(17(3)29-8-2)23-26-22(20-11-10-18(24)14-21(20)25)15-27(23)30-16-28-12-13-31(4,5)6/h7,10-11,14-15,19H,1,3,8-9,12-13,16,25H2,2,4-6H3. The third kappa shape index (κ3) is 7.25. The zero-order chi connectivity index (χ0) is 23.0. The number of ether oxygens (including phenoxy) is 2. The minimum absolute atomic E-state index is 0.0775. The van der Waals surface area contributed by atoms with Gasteiger partial charge in [-0.25, -0.2) is 9.37 Å². The molecule has 6 nitrogen and oxygen atoms in total. The van der Waals surface area contributed by atoms with Gasteiger partial charge in [0.05, 0.1) is 30.2 Å². The molecule has 0 amide bonds. The number of allylic oxidation sites excluding steroid dienone is 2. The Bertz CT molecular complexity index is 893. The smallest absolute Gasteiger partial charge is 0.214 e. The van der Waals surface area contributed by atoms with Crippen LogP contribution in [0, 0.1) is 5.82 Å². The van der Waals surface area contributed by atoms with Crippen LogP contribution >= 0.6 is 0 Å². The molecule has 0 saturated carbocycles. The Balaban J connectivity index is 2.32. The molecule has 1 atom stereocenters. The van der Waals surface area contributed by atoms with Gasteiger partial charge in [-0.1, -0.05) is 32.3 Å². The van der Waals surface area contributed by atoms with Crippen molar-refractivity contribution in [2.75, 3.05) is 25.7 Å². The molecule has 1 aromatic heterocycles. The minimum Gasteiger partial charge on any atom is -0.498 e. The van der Waals surface area contributed by atoms with E-state index in [1.54, 1.807) is 23.1 Å². The van der Waals surface area contributed by atoms with Gasteiger partial charge < -0.3 is 20.0 Å². The Hall–Kier alpha value is -2.58. The highest BCUT2D eigenvalue weighted by Gasteiger charge is 2.24. The summed E-state index contributed by atoms with van der Waals surface area (Å²) in [7, 11) is -1.18. The molecule has 0 aliphatic heterocycles. The summed E-state index contributed by atoms with van der Waals surface area (Å²) in [5.74, 6) is 0.485. The number of rotatable bonds is 13. The molecule has 0 bridgehead atoms. The molecule has 2 aromatic rings. The fourth-order valence-corrected chi connectivity index (χ4v) is 3.73. The van der Waals surface area contributed by atoms with Crippen molar-refractivity contribution in [3.05, 3.63) is 61.0 Å². The average molecular weight is 448 g/mol. The van der Waals surface area contributed by atoms with Crippen molar-refractivity contribution in [1.29, 1.82) is 0 Å². The van der Waals surface area contributed by atoms with Crippen molar-refractivity contribution in [1.82, 2.24) is 9.71 Å². The summed E-state index contributed by atoms with van der Waals surface area (Å²) in [6, 6.07) is 5.27. The first-order valence-electron chi connectivity index (χ1n) is 10.4. The summed E-state index contributed by atoms with van der Waals surface area (Å²) in [4.78, 5) is 10.6. The van der Waals surface area contributed by atoms with Gasteiger partial charge >= 0.3 is 0 Å². The molecule has 1 heterocycles. The van der Waals surface area contributed by atoms with Crippen molar-refractivity contribution in [2.24, 2.45) is 0 Å². The van der Waals surface area contributed by atoms with E-state index in [4.69, 9.17) is 25.0 Å². The predicted octanol–water partition coefficient (Wildman–Crippen LogP) is 5.22. The number of halogens is 1. The van der Waals surface area contributed by atoms with Gasteiger partial charge in [-0.2, -0.15) is 4.73 Å². The highest BCUT2D eigenvalue weighted by molar-refractivity contribution is 6.76. The molecule has 2 N–H and O–H groups in total. The van der Waals surface area contributed by atoms with Crippen molar-refractivity contribution in [3.63, 3.8) is 0 Å². The van der Waals surface area contributed by atoms with E-state index in [1.807, 2.05) is 6.92 Å². The van der Waals surface area contributed by atoms with Crippen molar-refractivity contribution >= 4 is 13.8 Å².